The van der Waals surface area contributed by atoms with E-state index in [1.54, 1.807) is 11.8 Å². The molecule has 2 aromatic rings. The van der Waals surface area contributed by atoms with Gasteiger partial charge in [-0.1, -0.05) is 47.3 Å². The van der Waals surface area contributed by atoms with Crippen molar-refractivity contribution in [3.8, 4) is 17.0 Å². The first kappa shape index (κ1) is 25.5. The summed E-state index contributed by atoms with van der Waals surface area (Å²) >= 11 is 9.34. The fourth-order valence-corrected chi connectivity index (χ4v) is 4.45. The Morgan fingerprint density at radius 2 is 1.97 bits per heavy atom. The van der Waals surface area contributed by atoms with Crippen LogP contribution in [0.15, 0.2) is 22.7 Å². The van der Waals surface area contributed by atoms with Crippen molar-refractivity contribution in [2.24, 2.45) is 11.8 Å². The van der Waals surface area contributed by atoms with E-state index >= 15 is 0 Å². The molecular weight excluding hydrogens is 506 g/mol. The molecule has 1 aliphatic carbocycles. The summed E-state index contributed by atoms with van der Waals surface area (Å²) in [5, 5.41) is 7.88. The van der Waals surface area contributed by atoms with E-state index in [1.165, 1.54) is 25.7 Å². The number of methoxy groups -OCH3 is 1. The van der Waals surface area contributed by atoms with Crippen LogP contribution in [0.1, 0.15) is 50.0 Å². The van der Waals surface area contributed by atoms with Crippen molar-refractivity contribution >= 4 is 45.0 Å². The summed E-state index contributed by atoms with van der Waals surface area (Å²) in [6.45, 7) is 5.55. The van der Waals surface area contributed by atoms with Gasteiger partial charge >= 0.3 is 11.6 Å². The van der Waals surface area contributed by atoms with E-state index in [2.05, 4.69) is 33.3 Å². The van der Waals surface area contributed by atoms with Crippen molar-refractivity contribution in [2.45, 2.75) is 46.1 Å². The number of hydrogen-bond acceptors (Lipinski definition) is 5. The Kier molecular flexibility index (Phi) is 10.2. The molecule has 1 amide bonds. The Morgan fingerprint density at radius 1 is 1.32 bits per heavy atom. The molecule has 0 aliphatic heterocycles. The van der Waals surface area contributed by atoms with Crippen LogP contribution in [0.4, 0.5) is 0 Å². The van der Waals surface area contributed by atoms with Gasteiger partial charge in [-0.3, -0.25) is 9.48 Å². The summed E-state index contributed by atoms with van der Waals surface area (Å²) in [6.07, 6.45) is 4.80. The second-order valence-corrected chi connectivity index (χ2v) is 9.01. The molecule has 7 nitrogen and oxygen atoms in total. The van der Waals surface area contributed by atoms with Gasteiger partial charge in [0, 0.05) is 23.1 Å². The molecular formula is C21H27BrClN3O4S. The van der Waals surface area contributed by atoms with E-state index in [1.807, 2.05) is 25.1 Å². The summed E-state index contributed by atoms with van der Waals surface area (Å²) in [4.78, 5) is 12.8. The van der Waals surface area contributed by atoms with Gasteiger partial charge in [0.05, 0.1) is 17.8 Å². The Bertz CT molecular complexity index is 939. The number of carbonyl (C=O) groups is 1. The number of ether oxygens (including phenoxy) is 1. The lowest BCUT2D eigenvalue weighted by Gasteiger charge is -2.26. The van der Waals surface area contributed by atoms with Crippen LogP contribution in [0.25, 0.3) is 11.3 Å². The molecule has 0 unspecified atom stereocenters. The highest BCUT2D eigenvalue weighted by Gasteiger charge is 2.25. The molecule has 170 valence electrons. The number of nitrogens with one attached hydrogen (secondary N) is 1. The summed E-state index contributed by atoms with van der Waals surface area (Å²) in [7, 11) is 1.62. The van der Waals surface area contributed by atoms with Gasteiger partial charge in [-0.15, -0.1) is 0 Å². The summed E-state index contributed by atoms with van der Waals surface area (Å²) < 4.78 is 24.8. The molecule has 1 N–H and O–H groups in total. The predicted octanol–water partition coefficient (Wildman–Crippen LogP) is 4.88. The minimum Gasteiger partial charge on any atom is -0.496 e. The highest BCUT2D eigenvalue weighted by Crippen LogP contribution is 2.38. The van der Waals surface area contributed by atoms with E-state index in [9.17, 15) is 4.79 Å². The molecule has 31 heavy (non-hydrogen) atoms. The van der Waals surface area contributed by atoms with Gasteiger partial charge in [0.2, 0.25) is 0 Å². The fraction of sp³-hybridized carbons (Fsp3) is 0.524. The van der Waals surface area contributed by atoms with Crippen molar-refractivity contribution in [1.29, 1.82) is 0 Å². The zero-order valence-corrected chi connectivity index (χ0v) is 21.0. The number of nitrogens with zero attached hydrogens (tertiary/aromatic N) is 2. The number of aromatic nitrogens is 2. The lowest BCUT2D eigenvalue weighted by molar-refractivity contribution is 0.0936. The quantitative estimate of drug-likeness (QED) is 0.573. The highest BCUT2D eigenvalue weighted by atomic mass is 79.9. The predicted molar refractivity (Wildman–Crippen MR) is 125 cm³/mol. The van der Waals surface area contributed by atoms with E-state index < -0.39 is 11.6 Å². The average Bonchev–Trinajstić information content (AvgIpc) is 3.09. The second-order valence-electron chi connectivity index (χ2n) is 7.58. The first-order valence-corrected chi connectivity index (χ1v) is 12.0. The fourth-order valence-electron chi connectivity index (χ4n) is 3.79. The van der Waals surface area contributed by atoms with Crippen molar-refractivity contribution in [3.05, 3.63) is 33.4 Å². The van der Waals surface area contributed by atoms with Crippen LogP contribution in [0.5, 0.6) is 5.75 Å². The number of amides is 1. The van der Waals surface area contributed by atoms with Crippen LogP contribution in [-0.2, 0) is 18.1 Å². The SMILES string of the molecule is CCn1nc(C(=O)NCC2CCC(C)CC2)c(Cl)c1-c1ccc(Br)cc1OC.O=S=O. The third-order valence-electron chi connectivity index (χ3n) is 5.51. The maximum Gasteiger partial charge on any atom is 0.335 e. The normalized spacial score (nSPS) is 18.0. The average molecular weight is 533 g/mol. The number of carbonyl (C=O) groups excluding carboxylic acids is 1. The van der Waals surface area contributed by atoms with Crippen LogP contribution in [0.2, 0.25) is 5.02 Å². The van der Waals surface area contributed by atoms with Gasteiger partial charge in [0.25, 0.3) is 5.91 Å². The molecule has 0 spiro atoms. The maximum atomic E-state index is 12.8. The Hall–Kier alpha value is -1.71. The van der Waals surface area contributed by atoms with E-state index in [4.69, 9.17) is 24.8 Å². The Morgan fingerprint density at radius 3 is 2.55 bits per heavy atom. The molecule has 1 fully saturated rings. The minimum atomic E-state index is -0.750. The summed E-state index contributed by atoms with van der Waals surface area (Å²) in [5.74, 6) is 1.80. The topological polar surface area (TPSA) is 90.3 Å². The molecule has 0 atom stereocenters. The molecule has 3 rings (SSSR count). The Balaban J connectivity index is 0.00000107. The molecule has 1 aromatic carbocycles. The lowest BCUT2D eigenvalue weighted by Crippen LogP contribution is -2.31. The van der Waals surface area contributed by atoms with Crippen molar-refractivity contribution < 1.29 is 17.9 Å². The van der Waals surface area contributed by atoms with Gasteiger partial charge in [-0.25, -0.2) is 0 Å². The van der Waals surface area contributed by atoms with Gasteiger partial charge in [-0.05, 0) is 49.8 Å². The Labute approximate surface area is 199 Å². The van der Waals surface area contributed by atoms with Crippen LogP contribution in [0.3, 0.4) is 0 Å². The zero-order valence-electron chi connectivity index (χ0n) is 17.8. The van der Waals surface area contributed by atoms with Gasteiger partial charge < -0.3 is 10.1 Å². The molecule has 1 aliphatic rings. The largest absolute Gasteiger partial charge is 0.496 e. The third-order valence-corrected chi connectivity index (χ3v) is 6.37. The number of aryl methyl sites for hydroxylation is 1. The van der Waals surface area contributed by atoms with Crippen LogP contribution in [0, 0.1) is 11.8 Å². The monoisotopic (exact) mass is 531 g/mol. The number of benzene rings is 1. The van der Waals surface area contributed by atoms with Crippen molar-refractivity contribution in [1.82, 2.24) is 15.1 Å². The second kappa shape index (κ2) is 12.4. The zero-order chi connectivity index (χ0) is 23.0. The molecule has 0 bridgehead atoms. The first-order valence-electron chi connectivity index (χ1n) is 10.2. The third kappa shape index (κ3) is 6.63. The maximum absolute atomic E-state index is 12.8. The molecule has 0 saturated heterocycles. The van der Waals surface area contributed by atoms with Gasteiger partial charge in [-0.2, -0.15) is 13.5 Å². The van der Waals surface area contributed by atoms with Crippen molar-refractivity contribution in [2.75, 3.05) is 13.7 Å². The van der Waals surface area contributed by atoms with E-state index in [-0.39, 0.29) is 11.6 Å². The van der Waals surface area contributed by atoms with Gasteiger partial charge in [0.1, 0.15) is 5.75 Å². The number of rotatable bonds is 6. The molecule has 1 saturated carbocycles. The molecule has 0 radical (unpaired) electrons. The summed E-state index contributed by atoms with van der Waals surface area (Å²) in [6, 6.07) is 5.72. The van der Waals surface area contributed by atoms with Crippen molar-refractivity contribution in [3.63, 3.8) is 0 Å². The van der Waals surface area contributed by atoms with Crippen LogP contribution >= 0.6 is 27.5 Å². The molecule has 1 heterocycles. The van der Waals surface area contributed by atoms with Gasteiger partial charge in [0.15, 0.2) is 5.69 Å². The van der Waals surface area contributed by atoms with Crippen LogP contribution < -0.4 is 10.1 Å². The standard InChI is InChI=1S/C21H27BrClN3O2.O2S/c1-4-26-20(16-10-9-15(22)11-17(16)28-3)18(23)19(25-26)21(27)24-12-14-7-5-13(2)6-8-14;1-3-2/h9-11,13-14H,4-8,12H2,1-3H3,(H,24,27);. The first-order chi connectivity index (χ1) is 14.9. The van der Waals surface area contributed by atoms with E-state index in [0.717, 1.165) is 16.0 Å². The smallest absolute Gasteiger partial charge is 0.335 e. The number of halogens is 2. The lowest BCUT2D eigenvalue weighted by atomic mass is 9.83. The number of hydrogen-bond donors (Lipinski definition) is 1. The molecule has 1 aromatic heterocycles. The summed E-state index contributed by atoms with van der Waals surface area (Å²) in [5.41, 5.74) is 1.78. The highest BCUT2D eigenvalue weighted by molar-refractivity contribution is 9.10. The minimum absolute atomic E-state index is 0.215. The van der Waals surface area contributed by atoms with Crippen LogP contribution in [-0.4, -0.2) is 37.8 Å². The van der Waals surface area contributed by atoms with E-state index in [0.29, 0.717) is 35.5 Å². The molecule has 10 heteroatoms.